The van der Waals surface area contributed by atoms with Gasteiger partial charge in [-0.2, -0.15) is 0 Å². The molecule has 0 atom stereocenters. The Morgan fingerprint density at radius 2 is 1.70 bits per heavy atom. The molecule has 0 bridgehead atoms. The Hall–Kier alpha value is -2.40. The highest BCUT2D eigenvalue weighted by Gasteiger charge is 2.20. The predicted octanol–water partition coefficient (Wildman–Crippen LogP) is 1.84. The summed E-state index contributed by atoms with van der Waals surface area (Å²) in [6, 6.07) is 13.9. The second-order valence-corrected chi connectivity index (χ2v) is 5.73. The molecular weight excluding hydrogens is 288 g/mol. The molecule has 1 aromatic carbocycles. The zero-order chi connectivity index (χ0) is 15.9. The van der Waals surface area contributed by atoms with Gasteiger partial charge < -0.3 is 10.2 Å². The number of rotatable bonds is 5. The zero-order valence-electron chi connectivity index (χ0n) is 13.2. The first kappa shape index (κ1) is 15.5. The van der Waals surface area contributed by atoms with Crippen molar-refractivity contribution in [1.82, 2.24) is 14.8 Å². The molecule has 1 N–H and O–H groups in total. The molecular formula is C18H22N4O. The van der Waals surface area contributed by atoms with Crippen LogP contribution in [0.3, 0.4) is 0 Å². The minimum Gasteiger partial charge on any atom is -0.376 e. The van der Waals surface area contributed by atoms with Crippen molar-refractivity contribution in [2.45, 2.75) is 6.54 Å². The van der Waals surface area contributed by atoms with Crippen molar-refractivity contribution in [3.63, 3.8) is 0 Å². The molecule has 1 aliphatic heterocycles. The predicted molar refractivity (Wildman–Crippen MR) is 91.0 cm³/mol. The number of carbonyl (C=O) groups excluding carboxylic acids is 1. The lowest BCUT2D eigenvalue weighted by Crippen LogP contribution is -2.49. The minimum absolute atomic E-state index is 0.164. The van der Waals surface area contributed by atoms with Gasteiger partial charge in [0.25, 0.3) is 0 Å². The van der Waals surface area contributed by atoms with E-state index >= 15 is 0 Å². The Balaban J connectivity index is 1.42. The summed E-state index contributed by atoms with van der Waals surface area (Å²) in [5, 5.41) is 3.18. The van der Waals surface area contributed by atoms with Gasteiger partial charge in [-0.15, -0.1) is 0 Å². The summed E-state index contributed by atoms with van der Waals surface area (Å²) in [6.07, 6.45) is 3.65. The van der Waals surface area contributed by atoms with Crippen molar-refractivity contribution in [1.29, 1.82) is 0 Å². The molecule has 5 nitrogen and oxygen atoms in total. The van der Waals surface area contributed by atoms with Crippen LogP contribution in [-0.4, -0.2) is 53.4 Å². The molecule has 0 aliphatic carbocycles. The molecule has 2 heterocycles. The van der Waals surface area contributed by atoms with Crippen LogP contribution < -0.4 is 5.32 Å². The number of piperazine rings is 1. The van der Waals surface area contributed by atoms with E-state index < -0.39 is 0 Å². The number of hydrogen-bond donors (Lipinski definition) is 1. The number of nitrogens with one attached hydrogen (secondary N) is 1. The van der Waals surface area contributed by atoms with Crippen molar-refractivity contribution >= 4 is 11.6 Å². The lowest BCUT2D eigenvalue weighted by molar-refractivity contribution is -0.131. The third-order valence-electron chi connectivity index (χ3n) is 4.10. The van der Waals surface area contributed by atoms with Crippen LogP contribution in [0.15, 0.2) is 54.9 Å². The number of anilines is 1. The van der Waals surface area contributed by atoms with Crippen molar-refractivity contribution in [2.24, 2.45) is 0 Å². The van der Waals surface area contributed by atoms with E-state index in [9.17, 15) is 4.79 Å². The van der Waals surface area contributed by atoms with Gasteiger partial charge in [-0.3, -0.25) is 14.7 Å². The second kappa shape index (κ2) is 7.74. The third-order valence-corrected chi connectivity index (χ3v) is 4.10. The van der Waals surface area contributed by atoms with Gasteiger partial charge in [0.1, 0.15) is 0 Å². The molecule has 1 amide bonds. The van der Waals surface area contributed by atoms with Crippen molar-refractivity contribution < 1.29 is 4.79 Å². The van der Waals surface area contributed by atoms with Crippen LogP contribution in [0.25, 0.3) is 0 Å². The Kier molecular flexibility index (Phi) is 5.21. The van der Waals surface area contributed by atoms with E-state index in [4.69, 9.17) is 0 Å². The summed E-state index contributed by atoms with van der Waals surface area (Å²) in [6.45, 7) is 4.70. The average Bonchev–Trinajstić information content (AvgIpc) is 2.62. The quantitative estimate of drug-likeness (QED) is 0.915. The molecule has 23 heavy (non-hydrogen) atoms. The molecule has 1 fully saturated rings. The lowest BCUT2D eigenvalue weighted by atomic mass is 10.2. The summed E-state index contributed by atoms with van der Waals surface area (Å²) in [4.78, 5) is 20.6. The lowest BCUT2D eigenvalue weighted by Gasteiger charge is -2.34. The van der Waals surface area contributed by atoms with Crippen LogP contribution in [0.1, 0.15) is 5.56 Å². The van der Waals surface area contributed by atoms with E-state index in [0.717, 1.165) is 38.4 Å². The van der Waals surface area contributed by atoms with Gasteiger partial charge in [-0.05, 0) is 29.8 Å². The Bertz CT molecular complexity index is 609. The first-order valence-electron chi connectivity index (χ1n) is 7.99. The van der Waals surface area contributed by atoms with Gasteiger partial charge in [0.2, 0.25) is 5.91 Å². The van der Waals surface area contributed by atoms with E-state index in [0.29, 0.717) is 6.54 Å². The van der Waals surface area contributed by atoms with Crippen molar-refractivity contribution in [2.75, 3.05) is 38.0 Å². The highest BCUT2D eigenvalue weighted by Crippen LogP contribution is 2.09. The number of para-hydroxylation sites is 1. The van der Waals surface area contributed by atoms with Gasteiger partial charge in [-0.1, -0.05) is 18.2 Å². The van der Waals surface area contributed by atoms with E-state index in [1.807, 2.05) is 59.8 Å². The maximum atomic E-state index is 12.3. The molecule has 1 saturated heterocycles. The Labute approximate surface area is 136 Å². The number of carbonyl (C=O) groups is 1. The van der Waals surface area contributed by atoms with Crippen LogP contribution in [-0.2, 0) is 11.3 Å². The molecule has 1 aliphatic rings. The SMILES string of the molecule is O=C(CNc1ccccc1)N1CCN(Cc2ccncc2)CC1. The maximum Gasteiger partial charge on any atom is 0.241 e. The molecule has 3 rings (SSSR count). The third kappa shape index (κ3) is 4.53. The number of nitrogens with zero attached hydrogens (tertiary/aromatic N) is 3. The summed E-state index contributed by atoms with van der Waals surface area (Å²) >= 11 is 0. The zero-order valence-corrected chi connectivity index (χ0v) is 13.2. The van der Waals surface area contributed by atoms with Gasteiger partial charge in [0.05, 0.1) is 6.54 Å². The average molecular weight is 310 g/mol. The van der Waals surface area contributed by atoms with Gasteiger partial charge in [0.15, 0.2) is 0 Å². The molecule has 0 saturated carbocycles. The summed E-state index contributed by atoms with van der Waals surface area (Å²) < 4.78 is 0. The van der Waals surface area contributed by atoms with Crippen molar-refractivity contribution in [3.8, 4) is 0 Å². The van der Waals surface area contributed by atoms with Crippen LogP contribution >= 0.6 is 0 Å². The number of hydrogen-bond acceptors (Lipinski definition) is 4. The first-order valence-corrected chi connectivity index (χ1v) is 7.99. The Morgan fingerprint density at radius 3 is 2.39 bits per heavy atom. The highest BCUT2D eigenvalue weighted by molar-refractivity contribution is 5.81. The standard InChI is InChI=1S/C18H22N4O/c23-18(14-20-17-4-2-1-3-5-17)22-12-10-21(11-13-22)15-16-6-8-19-9-7-16/h1-9,20H,10-15H2. The molecule has 5 heteroatoms. The summed E-state index contributed by atoms with van der Waals surface area (Å²) in [5.41, 5.74) is 2.25. The maximum absolute atomic E-state index is 12.3. The molecule has 2 aromatic rings. The van der Waals surface area contributed by atoms with Crippen molar-refractivity contribution in [3.05, 3.63) is 60.4 Å². The number of benzene rings is 1. The number of aromatic nitrogens is 1. The van der Waals surface area contributed by atoms with E-state index in [1.165, 1.54) is 5.56 Å². The monoisotopic (exact) mass is 310 g/mol. The van der Waals surface area contributed by atoms with Gasteiger partial charge >= 0.3 is 0 Å². The summed E-state index contributed by atoms with van der Waals surface area (Å²) in [5.74, 6) is 0.164. The van der Waals surface area contributed by atoms with Gasteiger partial charge in [0, 0.05) is 50.8 Å². The highest BCUT2D eigenvalue weighted by atomic mass is 16.2. The molecule has 0 unspecified atom stereocenters. The smallest absolute Gasteiger partial charge is 0.241 e. The topological polar surface area (TPSA) is 48.5 Å². The molecule has 1 aromatic heterocycles. The second-order valence-electron chi connectivity index (χ2n) is 5.73. The summed E-state index contributed by atoms with van der Waals surface area (Å²) in [7, 11) is 0. The fraction of sp³-hybridized carbons (Fsp3) is 0.333. The fourth-order valence-electron chi connectivity index (χ4n) is 2.75. The van der Waals surface area contributed by atoms with E-state index in [1.54, 1.807) is 0 Å². The molecule has 0 radical (unpaired) electrons. The minimum atomic E-state index is 0.164. The van der Waals surface area contributed by atoms with E-state index in [-0.39, 0.29) is 5.91 Å². The van der Waals surface area contributed by atoms with Crippen LogP contribution in [0.2, 0.25) is 0 Å². The first-order chi connectivity index (χ1) is 11.3. The largest absolute Gasteiger partial charge is 0.376 e. The van der Waals surface area contributed by atoms with E-state index in [2.05, 4.69) is 15.2 Å². The normalized spacial score (nSPS) is 15.4. The van der Waals surface area contributed by atoms with Crippen LogP contribution in [0.4, 0.5) is 5.69 Å². The number of amides is 1. The fourth-order valence-corrected chi connectivity index (χ4v) is 2.75. The van der Waals surface area contributed by atoms with Gasteiger partial charge in [-0.25, -0.2) is 0 Å². The van der Waals surface area contributed by atoms with Crippen LogP contribution in [0, 0.1) is 0 Å². The molecule has 0 spiro atoms. The van der Waals surface area contributed by atoms with Crippen LogP contribution in [0.5, 0.6) is 0 Å². The Morgan fingerprint density at radius 1 is 1.00 bits per heavy atom. The number of pyridine rings is 1. The molecule has 120 valence electrons.